The van der Waals surface area contributed by atoms with Gasteiger partial charge < -0.3 is 20.1 Å². The van der Waals surface area contributed by atoms with Crippen molar-refractivity contribution in [2.45, 2.75) is 25.1 Å². The summed E-state index contributed by atoms with van der Waals surface area (Å²) in [4.78, 5) is 2.45. The van der Waals surface area contributed by atoms with E-state index in [1.54, 1.807) is 13.2 Å². The standard InChI is InChI=1S/C29H34Cl2FN3O2/c1-37-16-15-35-13-11-22(12-14-35)26(19-33-29(36)34-25-9-10-28(32)27(31)18-25)21-7-5-20(6-8-21)23-3-2-4-24(30)17-23/h2-10,17-18,22,26,29,33-34,36H,11-16,19H2,1H3. The molecule has 1 saturated heterocycles. The van der Waals surface area contributed by atoms with E-state index in [2.05, 4.69) is 45.9 Å². The molecule has 0 saturated carbocycles. The summed E-state index contributed by atoms with van der Waals surface area (Å²) in [7, 11) is 1.74. The average Bonchev–Trinajstić information content (AvgIpc) is 2.91. The van der Waals surface area contributed by atoms with E-state index >= 15 is 0 Å². The molecule has 198 valence electrons. The molecule has 5 nitrogen and oxygen atoms in total. The van der Waals surface area contributed by atoms with Crippen LogP contribution in [-0.4, -0.2) is 56.3 Å². The summed E-state index contributed by atoms with van der Waals surface area (Å²) in [6.07, 6.45) is 1.14. The van der Waals surface area contributed by atoms with Gasteiger partial charge in [0.1, 0.15) is 5.82 Å². The monoisotopic (exact) mass is 545 g/mol. The lowest BCUT2D eigenvalue weighted by Crippen LogP contribution is -2.42. The molecule has 2 unspecified atom stereocenters. The van der Waals surface area contributed by atoms with Crippen molar-refractivity contribution >= 4 is 28.9 Å². The molecule has 8 heteroatoms. The van der Waals surface area contributed by atoms with E-state index in [0.717, 1.165) is 50.2 Å². The molecule has 37 heavy (non-hydrogen) atoms. The molecule has 3 aromatic rings. The van der Waals surface area contributed by atoms with Crippen molar-refractivity contribution in [3.8, 4) is 11.1 Å². The summed E-state index contributed by atoms with van der Waals surface area (Å²) in [6.45, 7) is 4.33. The highest BCUT2D eigenvalue weighted by Crippen LogP contribution is 2.34. The fraction of sp³-hybridized carbons (Fsp3) is 0.379. The van der Waals surface area contributed by atoms with Gasteiger partial charge in [-0.25, -0.2) is 4.39 Å². The molecule has 0 amide bonds. The van der Waals surface area contributed by atoms with Crippen LogP contribution in [0.5, 0.6) is 0 Å². The molecule has 1 aliphatic rings. The number of anilines is 1. The Morgan fingerprint density at radius 3 is 2.46 bits per heavy atom. The van der Waals surface area contributed by atoms with Gasteiger partial charge in [-0.1, -0.05) is 59.6 Å². The van der Waals surface area contributed by atoms with E-state index in [0.29, 0.717) is 23.2 Å². The third-order valence-electron chi connectivity index (χ3n) is 7.06. The van der Waals surface area contributed by atoms with Crippen LogP contribution >= 0.6 is 23.2 Å². The summed E-state index contributed by atoms with van der Waals surface area (Å²) in [6, 6.07) is 20.8. The van der Waals surface area contributed by atoms with Crippen LogP contribution in [0.4, 0.5) is 10.1 Å². The van der Waals surface area contributed by atoms with Crippen LogP contribution in [0.15, 0.2) is 66.7 Å². The molecule has 0 spiro atoms. The Labute approximate surface area is 228 Å². The second-order valence-electron chi connectivity index (χ2n) is 9.49. The summed E-state index contributed by atoms with van der Waals surface area (Å²) in [5.41, 5.74) is 3.96. The number of rotatable bonds is 11. The Morgan fingerprint density at radius 2 is 1.78 bits per heavy atom. The van der Waals surface area contributed by atoms with Crippen LogP contribution in [-0.2, 0) is 4.74 Å². The van der Waals surface area contributed by atoms with Crippen LogP contribution in [0.2, 0.25) is 10.0 Å². The predicted molar refractivity (Wildman–Crippen MR) is 150 cm³/mol. The maximum absolute atomic E-state index is 13.5. The number of nitrogens with one attached hydrogen (secondary N) is 2. The molecule has 0 bridgehead atoms. The fourth-order valence-corrected chi connectivity index (χ4v) is 5.35. The Kier molecular flexibility index (Phi) is 10.2. The number of hydrogen-bond acceptors (Lipinski definition) is 5. The van der Waals surface area contributed by atoms with Crippen molar-refractivity contribution in [1.29, 1.82) is 0 Å². The van der Waals surface area contributed by atoms with Crippen molar-refractivity contribution in [2.24, 2.45) is 5.92 Å². The molecule has 3 aromatic carbocycles. The summed E-state index contributed by atoms with van der Waals surface area (Å²) in [5.74, 6) is 0.190. The van der Waals surface area contributed by atoms with Gasteiger partial charge in [0.05, 0.1) is 11.6 Å². The van der Waals surface area contributed by atoms with Gasteiger partial charge in [0.15, 0.2) is 6.35 Å². The minimum absolute atomic E-state index is 0.00935. The Bertz CT molecular complexity index is 1140. The first-order valence-electron chi connectivity index (χ1n) is 12.6. The average molecular weight is 547 g/mol. The van der Waals surface area contributed by atoms with Gasteiger partial charge >= 0.3 is 0 Å². The topological polar surface area (TPSA) is 56.8 Å². The number of halogens is 3. The predicted octanol–water partition coefficient (Wildman–Crippen LogP) is 6.22. The van der Waals surface area contributed by atoms with Crippen molar-refractivity contribution in [2.75, 3.05) is 45.2 Å². The normalized spacial score (nSPS) is 16.5. The SMILES string of the molecule is COCCN1CCC(C(CNC(O)Nc2ccc(F)c(Cl)c2)c2ccc(-c3cccc(Cl)c3)cc2)CC1. The first-order valence-corrected chi connectivity index (χ1v) is 13.4. The maximum Gasteiger partial charge on any atom is 0.181 e. The first-order chi connectivity index (χ1) is 17.9. The highest BCUT2D eigenvalue weighted by atomic mass is 35.5. The molecule has 4 rings (SSSR count). The zero-order valence-corrected chi connectivity index (χ0v) is 22.5. The van der Waals surface area contributed by atoms with Crippen molar-refractivity contribution < 1.29 is 14.2 Å². The van der Waals surface area contributed by atoms with Crippen molar-refractivity contribution in [3.63, 3.8) is 0 Å². The van der Waals surface area contributed by atoms with Crippen LogP contribution in [0.3, 0.4) is 0 Å². The number of nitrogens with zero attached hydrogens (tertiary/aromatic N) is 1. The smallest absolute Gasteiger partial charge is 0.181 e. The highest BCUT2D eigenvalue weighted by molar-refractivity contribution is 6.31. The first kappa shape index (κ1) is 27.8. The molecule has 2 atom stereocenters. The van der Waals surface area contributed by atoms with E-state index in [4.69, 9.17) is 27.9 Å². The van der Waals surface area contributed by atoms with Gasteiger partial charge in [0.25, 0.3) is 0 Å². The third-order valence-corrected chi connectivity index (χ3v) is 7.59. The van der Waals surface area contributed by atoms with Gasteiger partial charge in [-0.15, -0.1) is 0 Å². The number of piperidine rings is 1. The molecule has 3 N–H and O–H groups in total. The molecule has 0 aliphatic carbocycles. The van der Waals surface area contributed by atoms with E-state index in [-0.39, 0.29) is 10.9 Å². The highest BCUT2D eigenvalue weighted by Gasteiger charge is 2.28. The molecule has 0 aromatic heterocycles. The number of hydrogen-bond donors (Lipinski definition) is 3. The minimum atomic E-state index is -1.00. The number of aliphatic hydroxyl groups is 1. The number of likely N-dealkylation sites (tertiary alicyclic amines) is 1. The summed E-state index contributed by atoms with van der Waals surface area (Å²) >= 11 is 12.1. The van der Waals surface area contributed by atoms with Gasteiger partial charge in [0.2, 0.25) is 0 Å². The lowest BCUT2D eigenvalue weighted by atomic mass is 9.79. The van der Waals surface area contributed by atoms with Gasteiger partial charge in [-0.05, 0) is 84.8 Å². The molecular weight excluding hydrogens is 512 g/mol. The Morgan fingerprint density at radius 1 is 1.03 bits per heavy atom. The largest absolute Gasteiger partial charge is 0.383 e. The van der Waals surface area contributed by atoms with Crippen LogP contribution in [0, 0.1) is 11.7 Å². The van der Waals surface area contributed by atoms with E-state index in [1.165, 1.54) is 17.7 Å². The zero-order chi connectivity index (χ0) is 26.2. The van der Waals surface area contributed by atoms with Gasteiger partial charge in [-0.3, -0.25) is 5.32 Å². The van der Waals surface area contributed by atoms with Crippen molar-refractivity contribution in [3.05, 3.63) is 88.2 Å². The lowest BCUT2D eigenvalue weighted by Gasteiger charge is -2.37. The molecule has 1 fully saturated rings. The quantitative estimate of drug-likeness (QED) is 0.250. The summed E-state index contributed by atoms with van der Waals surface area (Å²) < 4.78 is 18.7. The van der Waals surface area contributed by atoms with E-state index in [9.17, 15) is 9.50 Å². The molecule has 0 radical (unpaired) electrons. The summed E-state index contributed by atoms with van der Waals surface area (Å²) in [5, 5.41) is 17.5. The second kappa shape index (κ2) is 13.6. The van der Waals surface area contributed by atoms with Crippen LogP contribution in [0.1, 0.15) is 24.3 Å². The Balaban J connectivity index is 1.45. The number of methoxy groups -OCH3 is 1. The maximum atomic E-state index is 13.5. The van der Waals surface area contributed by atoms with Gasteiger partial charge in [-0.2, -0.15) is 0 Å². The minimum Gasteiger partial charge on any atom is -0.383 e. The fourth-order valence-electron chi connectivity index (χ4n) is 4.98. The number of ether oxygens (including phenoxy) is 1. The third kappa shape index (κ3) is 7.90. The van der Waals surface area contributed by atoms with E-state index in [1.807, 2.05) is 18.2 Å². The number of benzene rings is 3. The van der Waals surface area contributed by atoms with Gasteiger partial charge in [0, 0.05) is 30.9 Å². The van der Waals surface area contributed by atoms with E-state index < -0.39 is 12.2 Å². The second-order valence-corrected chi connectivity index (χ2v) is 10.3. The number of aliphatic hydroxyl groups excluding tert-OH is 1. The molecule has 1 heterocycles. The van der Waals surface area contributed by atoms with Crippen LogP contribution < -0.4 is 10.6 Å². The Hall–Kier alpha value is -2.19. The molecular formula is C29H34Cl2FN3O2. The lowest BCUT2D eigenvalue weighted by molar-refractivity contribution is 0.109. The zero-order valence-electron chi connectivity index (χ0n) is 21.0. The molecule has 1 aliphatic heterocycles. The van der Waals surface area contributed by atoms with Crippen LogP contribution in [0.25, 0.3) is 11.1 Å². The van der Waals surface area contributed by atoms with Crippen molar-refractivity contribution in [1.82, 2.24) is 10.2 Å².